The zero-order valence-electron chi connectivity index (χ0n) is 12.0. The zero-order valence-corrected chi connectivity index (χ0v) is 12.8. The van der Waals surface area contributed by atoms with E-state index in [1.54, 1.807) is 0 Å². The van der Waals surface area contributed by atoms with Crippen LogP contribution >= 0.6 is 0 Å². The first kappa shape index (κ1) is 16.9. The van der Waals surface area contributed by atoms with Crippen molar-refractivity contribution >= 4 is 21.7 Å². The Bertz CT molecular complexity index is 451. The van der Waals surface area contributed by atoms with E-state index in [0.717, 1.165) is 12.8 Å². The third-order valence-electron chi connectivity index (χ3n) is 3.48. The first-order chi connectivity index (χ1) is 9.22. The molecule has 1 amide bonds. The van der Waals surface area contributed by atoms with Crippen LogP contribution in [0.2, 0.25) is 0 Å². The maximum absolute atomic E-state index is 12.0. The highest BCUT2D eigenvalue weighted by molar-refractivity contribution is 7.92. The quantitative estimate of drug-likeness (QED) is 0.729. The van der Waals surface area contributed by atoms with E-state index in [4.69, 9.17) is 5.11 Å². The van der Waals surface area contributed by atoms with E-state index >= 15 is 0 Å². The van der Waals surface area contributed by atoms with Crippen LogP contribution in [0.15, 0.2) is 0 Å². The van der Waals surface area contributed by atoms with E-state index in [1.807, 2.05) is 13.8 Å². The summed E-state index contributed by atoms with van der Waals surface area (Å²) in [5.41, 5.74) is 0. The van der Waals surface area contributed by atoms with Gasteiger partial charge in [0.15, 0.2) is 9.84 Å². The molecular weight excluding hydrogens is 282 g/mol. The Morgan fingerprint density at radius 1 is 1.25 bits per heavy atom. The molecule has 1 atom stereocenters. The van der Waals surface area contributed by atoms with Crippen molar-refractivity contribution in [2.45, 2.75) is 57.2 Å². The molecule has 6 nitrogen and oxygen atoms in total. The summed E-state index contributed by atoms with van der Waals surface area (Å²) in [6, 6.07) is -1.03. The third-order valence-corrected chi connectivity index (χ3v) is 5.63. The SMILES string of the molecule is CC(C)C[C@@H](NC(=O)CS(=O)(=O)C1CCCC1)C(=O)O. The lowest BCUT2D eigenvalue weighted by molar-refractivity contribution is -0.141. The number of carbonyl (C=O) groups is 2. The van der Waals surface area contributed by atoms with Gasteiger partial charge in [0.25, 0.3) is 0 Å². The highest BCUT2D eigenvalue weighted by Crippen LogP contribution is 2.25. The maximum atomic E-state index is 12.0. The second-order valence-electron chi connectivity index (χ2n) is 5.80. The number of carboxylic acids is 1. The first-order valence-electron chi connectivity index (χ1n) is 6.96. The van der Waals surface area contributed by atoms with Gasteiger partial charge in [0, 0.05) is 0 Å². The molecule has 1 rings (SSSR count). The highest BCUT2D eigenvalue weighted by Gasteiger charge is 2.31. The third kappa shape index (κ3) is 5.11. The zero-order chi connectivity index (χ0) is 15.3. The lowest BCUT2D eigenvalue weighted by atomic mass is 10.0. The fourth-order valence-electron chi connectivity index (χ4n) is 2.48. The van der Waals surface area contributed by atoms with Gasteiger partial charge in [-0.05, 0) is 25.2 Å². The average Bonchev–Trinajstić information content (AvgIpc) is 2.80. The van der Waals surface area contributed by atoms with Crippen molar-refractivity contribution in [3.8, 4) is 0 Å². The Hall–Kier alpha value is -1.11. The Morgan fingerprint density at radius 3 is 2.25 bits per heavy atom. The molecule has 1 aliphatic rings. The summed E-state index contributed by atoms with van der Waals surface area (Å²) in [6.45, 7) is 3.69. The normalized spacial score (nSPS) is 18.1. The van der Waals surface area contributed by atoms with Crippen LogP contribution in [0.4, 0.5) is 0 Å². The summed E-state index contributed by atoms with van der Waals surface area (Å²) in [6.07, 6.45) is 3.23. The molecule has 1 aliphatic carbocycles. The predicted molar refractivity (Wildman–Crippen MR) is 75.1 cm³/mol. The molecule has 0 aromatic rings. The minimum atomic E-state index is -3.46. The lowest BCUT2D eigenvalue weighted by Gasteiger charge is -2.17. The van der Waals surface area contributed by atoms with Crippen molar-refractivity contribution in [2.24, 2.45) is 5.92 Å². The predicted octanol–water partition coefficient (Wildman–Crippen LogP) is 0.959. The summed E-state index contributed by atoms with van der Waals surface area (Å²) in [4.78, 5) is 22.8. The number of carbonyl (C=O) groups excluding carboxylic acids is 1. The molecule has 0 aromatic carbocycles. The van der Waals surface area contributed by atoms with Crippen LogP contribution in [0.5, 0.6) is 0 Å². The van der Waals surface area contributed by atoms with Gasteiger partial charge in [-0.15, -0.1) is 0 Å². The molecule has 0 radical (unpaired) electrons. The van der Waals surface area contributed by atoms with Gasteiger partial charge in [-0.3, -0.25) is 4.79 Å². The molecule has 20 heavy (non-hydrogen) atoms. The van der Waals surface area contributed by atoms with Crippen LogP contribution in [-0.2, 0) is 19.4 Å². The monoisotopic (exact) mass is 305 g/mol. The maximum Gasteiger partial charge on any atom is 0.326 e. The van der Waals surface area contributed by atoms with E-state index in [2.05, 4.69) is 5.32 Å². The highest BCUT2D eigenvalue weighted by atomic mass is 32.2. The van der Waals surface area contributed by atoms with Gasteiger partial charge < -0.3 is 10.4 Å². The topological polar surface area (TPSA) is 101 Å². The summed E-state index contributed by atoms with van der Waals surface area (Å²) in [5.74, 6) is -2.36. The van der Waals surface area contributed by atoms with Gasteiger partial charge in [-0.25, -0.2) is 13.2 Å². The largest absolute Gasteiger partial charge is 0.480 e. The van der Waals surface area contributed by atoms with E-state index in [-0.39, 0.29) is 12.3 Å². The minimum Gasteiger partial charge on any atom is -0.480 e. The van der Waals surface area contributed by atoms with Crippen molar-refractivity contribution < 1.29 is 23.1 Å². The van der Waals surface area contributed by atoms with Crippen molar-refractivity contribution in [1.82, 2.24) is 5.32 Å². The molecular formula is C13H23NO5S. The van der Waals surface area contributed by atoms with E-state index < -0.39 is 38.8 Å². The van der Waals surface area contributed by atoms with Gasteiger partial charge in [0.05, 0.1) is 5.25 Å². The number of amides is 1. The van der Waals surface area contributed by atoms with Crippen LogP contribution < -0.4 is 5.32 Å². The Balaban J connectivity index is 2.59. The molecule has 0 saturated heterocycles. The number of carboxylic acid groups (broad SMARTS) is 1. The van der Waals surface area contributed by atoms with Crippen LogP contribution in [0, 0.1) is 5.92 Å². The summed E-state index contributed by atoms with van der Waals surface area (Å²) < 4.78 is 24.0. The van der Waals surface area contributed by atoms with Gasteiger partial charge in [-0.2, -0.15) is 0 Å². The van der Waals surface area contributed by atoms with Crippen molar-refractivity contribution in [3.63, 3.8) is 0 Å². The summed E-state index contributed by atoms with van der Waals surface area (Å²) in [5, 5.41) is 10.9. The molecule has 0 unspecified atom stereocenters. The molecule has 0 aromatic heterocycles. The second kappa shape index (κ2) is 7.06. The first-order valence-corrected chi connectivity index (χ1v) is 8.67. The van der Waals surface area contributed by atoms with Crippen LogP contribution in [0.3, 0.4) is 0 Å². The van der Waals surface area contributed by atoms with E-state index in [1.165, 1.54) is 0 Å². The molecule has 0 aliphatic heterocycles. The fourth-order valence-corrected chi connectivity index (χ4v) is 4.21. The number of hydrogen-bond acceptors (Lipinski definition) is 4. The van der Waals surface area contributed by atoms with Crippen molar-refractivity contribution in [1.29, 1.82) is 0 Å². The van der Waals surface area contributed by atoms with Gasteiger partial charge >= 0.3 is 5.97 Å². The number of aliphatic carboxylic acids is 1. The van der Waals surface area contributed by atoms with Gasteiger partial charge in [0.1, 0.15) is 11.8 Å². The van der Waals surface area contributed by atoms with Crippen molar-refractivity contribution in [3.05, 3.63) is 0 Å². The molecule has 2 N–H and O–H groups in total. The molecule has 1 saturated carbocycles. The second-order valence-corrected chi connectivity index (χ2v) is 8.08. The number of sulfone groups is 1. The average molecular weight is 305 g/mol. The van der Waals surface area contributed by atoms with Gasteiger partial charge in [0.2, 0.25) is 5.91 Å². The van der Waals surface area contributed by atoms with Crippen LogP contribution in [-0.4, -0.2) is 42.4 Å². The van der Waals surface area contributed by atoms with Crippen LogP contribution in [0.1, 0.15) is 46.0 Å². The minimum absolute atomic E-state index is 0.0999. The van der Waals surface area contributed by atoms with Gasteiger partial charge in [-0.1, -0.05) is 26.7 Å². The summed E-state index contributed by atoms with van der Waals surface area (Å²) in [7, 11) is -3.46. The Kier molecular flexibility index (Phi) is 5.98. The van der Waals surface area contributed by atoms with Crippen molar-refractivity contribution in [2.75, 3.05) is 5.75 Å². The molecule has 0 heterocycles. The number of rotatable bonds is 7. The Morgan fingerprint density at radius 2 is 1.80 bits per heavy atom. The number of nitrogens with one attached hydrogen (secondary N) is 1. The molecule has 0 spiro atoms. The molecule has 1 fully saturated rings. The molecule has 116 valence electrons. The molecule has 0 bridgehead atoms. The fraction of sp³-hybridized carbons (Fsp3) is 0.846. The lowest BCUT2D eigenvalue weighted by Crippen LogP contribution is -2.44. The number of hydrogen-bond donors (Lipinski definition) is 2. The standard InChI is InChI=1S/C13H23NO5S/c1-9(2)7-11(13(16)17)14-12(15)8-20(18,19)10-5-3-4-6-10/h9-11H,3-8H2,1-2H3,(H,14,15)(H,16,17)/t11-/m1/s1. The molecule has 7 heteroatoms. The van der Waals surface area contributed by atoms with E-state index in [9.17, 15) is 18.0 Å². The smallest absolute Gasteiger partial charge is 0.326 e. The Labute approximate surface area is 119 Å². The van der Waals surface area contributed by atoms with Crippen LogP contribution in [0.25, 0.3) is 0 Å². The van der Waals surface area contributed by atoms with E-state index in [0.29, 0.717) is 12.8 Å². The summed E-state index contributed by atoms with van der Waals surface area (Å²) >= 11 is 0.